The molecule has 4 rings (SSSR count). The third kappa shape index (κ3) is 4.87. The molecule has 9 heteroatoms. The predicted octanol–water partition coefficient (Wildman–Crippen LogP) is 3.23. The van der Waals surface area contributed by atoms with E-state index in [9.17, 15) is 13.2 Å². The minimum Gasteiger partial charge on any atom is -0.379 e. The van der Waals surface area contributed by atoms with Crippen molar-refractivity contribution < 1.29 is 17.9 Å². The van der Waals surface area contributed by atoms with Crippen LogP contribution in [0.15, 0.2) is 53.4 Å². The largest absolute Gasteiger partial charge is 0.379 e. The number of amides is 1. The molecule has 34 heavy (non-hydrogen) atoms. The van der Waals surface area contributed by atoms with Gasteiger partial charge >= 0.3 is 0 Å². The maximum Gasteiger partial charge on any atom is 0.243 e. The van der Waals surface area contributed by atoms with Gasteiger partial charge < -0.3 is 14.2 Å². The topological polar surface area (TPSA) is 84.7 Å². The lowest BCUT2D eigenvalue weighted by atomic mass is 10.1. The molecule has 3 aromatic rings. The van der Waals surface area contributed by atoms with E-state index in [2.05, 4.69) is 0 Å². The van der Waals surface area contributed by atoms with Crippen molar-refractivity contribution >= 4 is 27.0 Å². The minimum absolute atomic E-state index is 0.0216. The summed E-state index contributed by atoms with van der Waals surface area (Å²) in [5, 5.41) is 0. The lowest BCUT2D eigenvalue weighted by molar-refractivity contribution is -0.131. The van der Waals surface area contributed by atoms with Gasteiger partial charge in [-0.15, -0.1) is 0 Å². The van der Waals surface area contributed by atoms with E-state index in [-0.39, 0.29) is 16.8 Å². The molecule has 0 radical (unpaired) electrons. The Balaban J connectivity index is 1.52. The highest BCUT2D eigenvalue weighted by Crippen LogP contribution is 2.25. The lowest BCUT2D eigenvalue weighted by Gasteiger charge is -2.26. The number of hydrogen-bond acceptors (Lipinski definition) is 5. The number of hydrogen-bond donors (Lipinski definition) is 0. The molecule has 0 aliphatic carbocycles. The van der Waals surface area contributed by atoms with E-state index < -0.39 is 10.0 Å². The third-order valence-corrected chi connectivity index (χ3v) is 8.44. The molecule has 8 nitrogen and oxygen atoms in total. The van der Waals surface area contributed by atoms with Crippen molar-refractivity contribution in [3.05, 3.63) is 59.9 Å². The van der Waals surface area contributed by atoms with Gasteiger partial charge in [0.2, 0.25) is 15.9 Å². The molecular formula is C25H32N4O4S. The Morgan fingerprint density at radius 2 is 1.85 bits per heavy atom. The maximum absolute atomic E-state index is 13.0. The molecule has 0 N–H and O–H groups in total. The summed E-state index contributed by atoms with van der Waals surface area (Å²) in [6, 6.07) is 15.0. The Morgan fingerprint density at radius 3 is 2.53 bits per heavy atom. The van der Waals surface area contributed by atoms with Crippen molar-refractivity contribution in [2.75, 3.05) is 33.4 Å². The van der Waals surface area contributed by atoms with E-state index in [1.54, 1.807) is 17.0 Å². The van der Waals surface area contributed by atoms with E-state index >= 15 is 0 Å². The van der Waals surface area contributed by atoms with Crippen molar-refractivity contribution in [1.29, 1.82) is 0 Å². The van der Waals surface area contributed by atoms with Crippen molar-refractivity contribution in [3.63, 3.8) is 0 Å². The molecule has 1 aliphatic heterocycles. The predicted molar refractivity (Wildman–Crippen MR) is 131 cm³/mol. The van der Waals surface area contributed by atoms with Gasteiger partial charge in [0.15, 0.2) is 0 Å². The number of nitrogens with zero attached hydrogens (tertiary/aromatic N) is 4. The monoisotopic (exact) mass is 484 g/mol. The van der Waals surface area contributed by atoms with Crippen LogP contribution in [0.1, 0.15) is 37.7 Å². The highest BCUT2D eigenvalue weighted by atomic mass is 32.2. The molecule has 1 saturated heterocycles. The van der Waals surface area contributed by atoms with Crippen LogP contribution in [0.5, 0.6) is 0 Å². The standard InChI is InChI=1S/C25H32N4O4S/c1-4-29-23-11-10-21(34(31,32)28-14-16-33-17-15-28)18-22(23)26-24(29)12-13-25(30)27(3)19(2)20-8-6-5-7-9-20/h5-11,18-19H,4,12-17H2,1-3H3. The number of sulfonamides is 1. The van der Waals surface area contributed by atoms with Crippen LogP contribution in [-0.2, 0) is 32.5 Å². The van der Waals surface area contributed by atoms with Gasteiger partial charge in [-0.05, 0) is 37.6 Å². The highest BCUT2D eigenvalue weighted by molar-refractivity contribution is 7.89. The summed E-state index contributed by atoms with van der Waals surface area (Å²) in [7, 11) is -1.77. The number of ether oxygens (including phenoxy) is 1. The molecule has 1 atom stereocenters. The van der Waals surface area contributed by atoms with Gasteiger partial charge in [0.05, 0.1) is 35.2 Å². The van der Waals surface area contributed by atoms with Crippen LogP contribution in [0.4, 0.5) is 0 Å². The quantitative estimate of drug-likeness (QED) is 0.490. The first-order chi connectivity index (χ1) is 16.3. The molecule has 1 fully saturated rings. The number of aromatic nitrogens is 2. The van der Waals surface area contributed by atoms with Crippen LogP contribution >= 0.6 is 0 Å². The molecule has 1 amide bonds. The average Bonchev–Trinajstić information content (AvgIpc) is 3.24. The highest BCUT2D eigenvalue weighted by Gasteiger charge is 2.27. The zero-order chi connectivity index (χ0) is 24.3. The number of benzene rings is 2. The fourth-order valence-corrected chi connectivity index (χ4v) is 5.79. The molecule has 1 aliphatic rings. The molecule has 2 heterocycles. The van der Waals surface area contributed by atoms with Crippen LogP contribution in [0.3, 0.4) is 0 Å². The first-order valence-corrected chi connectivity index (χ1v) is 13.1. The fraction of sp³-hybridized carbons (Fsp3) is 0.440. The number of carbonyl (C=O) groups is 1. The summed E-state index contributed by atoms with van der Waals surface area (Å²) in [5.41, 5.74) is 2.59. The van der Waals surface area contributed by atoms with E-state index in [4.69, 9.17) is 9.72 Å². The van der Waals surface area contributed by atoms with Crippen molar-refractivity contribution in [1.82, 2.24) is 18.8 Å². The number of morpholine rings is 1. The molecule has 0 bridgehead atoms. The Hall–Kier alpha value is -2.75. The smallest absolute Gasteiger partial charge is 0.243 e. The SMILES string of the molecule is CCn1c(CCC(=O)N(C)C(C)c2ccccc2)nc2cc(S(=O)(=O)N3CCOCC3)ccc21. The number of fused-ring (bicyclic) bond motifs is 1. The van der Waals surface area contributed by atoms with Gasteiger partial charge in [0.25, 0.3) is 0 Å². The summed E-state index contributed by atoms with van der Waals surface area (Å²) in [4.78, 5) is 19.6. The zero-order valence-corrected chi connectivity index (χ0v) is 20.8. The van der Waals surface area contributed by atoms with Gasteiger partial charge in [0, 0.05) is 39.5 Å². The zero-order valence-electron chi connectivity index (χ0n) is 20.0. The lowest BCUT2D eigenvalue weighted by Crippen LogP contribution is -2.40. The normalized spacial score (nSPS) is 16.0. The summed E-state index contributed by atoms with van der Waals surface area (Å²) in [5.74, 6) is 0.828. The average molecular weight is 485 g/mol. The summed E-state index contributed by atoms with van der Waals surface area (Å²) >= 11 is 0. The Morgan fingerprint density at radius 1 is 1.15 bits per heavy atom. The van der Waals surface area contributed by atoms with E-state index in [0.717, 1.165) is 16.9 Å². The van der Waals surface area contributed by atoms with Crippen molar-refractivity contribution in [2.24, 2.45) is 0 Å². The Bertz CT molecular complexity index is 1250. The molecule has 182 valence electrons. The summed E-state index contributed by atoms with van der Waals surface area (Å²) < 4.78 is 34.9. The van der Waals surface area contributed by atoms with Crippen molar-refractivity contribution in [3.8, 4) is 0 Å². The van der Waals surface area contributed by atoms with Gasteiger partial charge in [-0.25, -0.2) is 13.4 Å². The van der Waals surface area contributed by atoms with Gasteiger partial charge in [-0.1, -0.05) is 30.3 Å². The molecular weight excluding hydrogens is 452 g/mol. The van der Waals surface area contributed by atoms with Crippen molar-refractivity contribution in [2.45, 2.75) is 44.2 Å². The molecule has 1 aromatic heterocycles. The van der Waals surface area contributed by atoms with E-state index in [1.165, 1.54) is 4.31 Å². The van der Waals surface area contributed by atoms with Gasteiger partial charge in [-0.3, -0.25) is 4.79 Å². The van der Waals surface area contributed by atoms with Crippen LogP contribution in [0.2, 0.25) is 0 Å². The molecule has 1 unspecified atom stereocenters. The van der Waals surface area contributed by atoms with E-state index in [1.807, 2.05) is 61.9 Å². The van der Waals surface area contributed by atoms with Crippen LogP contribution in [-0.4, -0.2) is 66.4 Å². The first-order valence-electron chi connectivity index (χ1n) is 11.7. The minimum atomic E-state index is -3.59. The number of imidazole rings is 1. The van der Waals surface area contributed by atoms with E-state index in [0.29, 0.717) is 51.2 Å². The Labute approximate surface area is 201 Å². The summed E-state index contributed by atoms with van der Waals surface area (Å²) in [6.07, 6.45) is 0.814. The maximum atomic E-state index is 13.0. The summed E-state index contributed by atoms with van der Waals surface area (Å²) in [6.45, 7) is 6.24. The van der Waals surface area contributed by atoms with Crippen LogP contribution in [0.25, 0.3) is 11.0 Å². The Kier molecular flexibility index (Phi) is 7.35. The van der Waals surface area contributed by atoms with Crippen LogP contribution < -0.4 is 0 Å². The molecule has 0 spiro atoms. The molecule has 0 saturated carbocycles. The fourth-order valence-electron chi connectivity index (χ4n) is 4.37. The van der Waals surface area contributed by atoms with Crippen LogP contribution in [0, 0.1) is 0 Å². The number of aryl methyl sites for hydroxylation is 2. The second-order valence-corrected chi connectivity index (χ2v) is 10.5. The second kappa shape index (κ2) is 10.2. The number of carbonyl (C=O) groups excluding carboxylic acids is 1. The molecule has 2 aromatic carbocycles. The number of rotatable bonds is 8. The van der Waals surface area contributed by atoms with Gasteiger partial charge in [-0.2, -0.15) is 4.31 Å². The second-order valence-electron chi connectivity index (χ2n) is 8.53. The first kappa shape index (κ1) is 24.4. The van der Waals surface area contributed by atoms with Gasteiger partial charge in [0.1, 0.15) is 5.82 Å². The third-order valence-electron chi connectivity index (χ3n) is 6.54.